The Morgan fingerprint density at radius 1 is 1.07 bits per heavy atom. The lowest BCUT2D eigenvalue weighted by Gasteiger charge is -2.19. The predicted molar refractivity (Wildman–Crippen MR) is 152 cm³/mol. The minimum atomic E-state index is -3.24. The molecule has 9 nitrogen and oxygen atoms in total. The van der Waals surface area contributed by atoms with Gasteiger partial charge in [-0.25, -0.2) is 17.3 Å². The molecule has 1 unspecified atom stereocenters. The van der Waals surface area contributed by atoms with Crippen molar-refractivity contribution in [2.75, 3.05) is 24.0 Å². The lowest BCUT2D eigenvalue weighted by atomic mass is 10.00. The number of fused-ring (bicyclic) bond motifs is 1. The summed E-state index contributed by atoms with van der Waals surface area (Å²) in [5.41, 5.74) is 4.42. The Kier molecular flexibility index (Phi) is 7.40. The average molecular weight is 562 g/mol. The van der Waals surface area contributed by atoms with Crippen molar-refractivity contribution in [3.8, 4) is 11.1 Å². The minimum Gasteiger partial charge on any atom is -0.495 e. The quantitative estimate of drug-likeness (QED) is 0.314. The Hall–Kier alpha value is -4.51. The molecule has 0 saturated heterocycles. The molecule has 2 N–H and O–H groups in total. The number of anilines is 2. The number of benzene rings is 2. The number of amides is 1. The molecule has 2 aromatic carbocycles. The monoisotopic (exact) mass is 561 g/mol. The number of sulfone groups is 1. The zero-order chi connectivity index (χ0) is 28.4. The third kappa shape index (κ3) is 5.89. The van der Waals surface area contributed by atoms with E-state index < -0.39 is 21.0 Å². The van der Waals surface area contributed by atoms with Gasteiger partial charge in [0.15, 0.2) is 15.5 Å². The van der Waals surface area contributed by atoms with Gasteiger partial charge in [-0.1, -0.05) is 30.3 Å². The molecule has 1 amide bonds. The van der Waals surface area contributed by atoms with Crippen LogP contribution in [-0.4, -0.2) is 47.5 Å². The van der Waals surface area contributed by atoms with Gasteiger partial charge in [0.2, 0.25) is 11.9 Å². The number of carbonyl (C=O) groups is 1. The zero-order valence-electron chi connectivity index (χ0n) is 22.1. The van der Waals surface area contributed by atoms with E-state index in [9.17, 15) is 17.6 Å². The van der Waals surface area contributed by atoms with E-state index in [2.05, 4.69) is 20.7 Å². The van der Waals surface area contributed by atoms with Gasteiger partial charge in [-0.05, 0) is 66.9 Å². The van der Waals surface area contributed by atoms with E-state index in [0.29, 0.717) is 35.2 Å². The van der Waals surface area contributed by atoms with Gasteiger partial charge in [0.1, 0.15) is 11.6 Å². The third-order valence-electron chi connectivity index (χ3n) is 6.75. The van der Waals surface area contributed by atoms with E-state index in [1.54, 1.807) is 35.7 Å². The maximum absolute atomic E-state index is 13.2. The first kappa shape index (κ1) is 27.1. The third-order valence-corrected chi connectivity index (χ3v) is 8.18. The van der Waals surface area contributed by atoms with Crippen molar-refractivity contribution in [1.29, 1.82) is 0 Å². The number of nitrogens with zero attached hydrogens (tertiary/aromatic N) is 3. The van der Waals surface area contributed by atoms with Crippen LogP contribution in [0.5, 0.6) is 0 Å². The molecule has 1 aliphatic carbocycles. The van der Waals surface area contributed by atoms with E-state index in [1.807, 2.05) is 42.6 Å². The van der Waals surface area contributed by atoms with E-state index in [4.69, 9.17) is 4.74 Å². The number of allylic oxidation sites excluding steroid dienone is 1. The van der Waals surface area contributed by atoms with Crippen LogP contribution in [0.3, 0.4) is 0 Å². The Labute approximate surface area is 231 Å². The van der Waals surface area contributed by atoms with Gasteiger partial charge in [-0.3, -0.25) is 4.79 Å². The minimum absolute atomic E-state index is 0.185. The van der Waals surface area contributed by atoms with Gasteiger partial charge in [0.25, 0.3) is 0 Å². The first-order chi connectivity index (χ1) is 19.1. The van der Waals surface area contributed by atoms with Gasteiger partial charge in [-0.2, -0.15) is 4.98 Å². The average Bonchev–Trinajstić information content (AvgIpc) is 3.34. The maximum atomic E-state index is 13.2. The second kappa shape index (κ2) is 10.9. The van der Waals surface area contributed by atoms with Crippen LogP contribution in [0.25, 0.3) is 16.8 Å². The fourth-order valence-corrected chi connectivity index (χ4v) is 5.19. The topological polar surface area (TPSA) is 115 Å². The fourth-order valence-electron chi connectivity index (χ4n) is 4.38. The number of rotatable bonds is 8. The molecule has 1 aliphatic rings. The van der Waals surface area contributed by atoms with Crippen LogP contribution in [0, 0.1) is 5.82 Å². The Morgan fingerprint density at radius 2 is 1.77 bits per heavy atom. The number of carbonyl (C=O) groups excluding carboxylic acids is 1. The van der Waals surface area contributed by atoms with E-state index in [-0.39, 0.29) is 11.7 Å². The van der Waals surface area contributed by atoms with Gasteiger partial charge in [0, 0.05) is 23.7 Å². The number of halogens is 1. The standard InChI is InChI=1S/C29H28FN5O4S/c1-18(19-4-9-22(30)10-5-19)28(36)31-23-11-6-20(7-12-23)21-8-15-27-33-29(34-35(27)17-21)32-25-14-13-24(40(3,37)38)16-26(25)39-2/h4-12,14-18,24H,13H2,1-3H3,(H,31,36)(H,32,34)/t18-,24?/m1/s1. The molecule has 0 bridgehead atoms. The van der Waals surface area contributed by atoms with E-state index >= 15 is 0 Å². The van der Waals surface area contributed by atoms with Crippen molar-refractivity contribution in [3.63, 3.8) is 0 Å². The number of nitrogens with one attached hydrogen (secondary N) is 2. The summed E-state index contributed by atoms with van der Waals surface area (Å²) in [5.74, 6) is -0.196. The highest BCUT2D eigenvalue weighted by Gasteiger charge is 2.24. The molecule has 0 aliphatic heterocycles. The first-order valence-corrected chi connectivity index (χ1v) is 14.5. The highest BCUT2D eigenvalue weighted by Crippen LogP contribution is 2.26. The molecule has 0 spiro atoms. The Morgan fingerprint density at radius 3 is 2.45 bits per heavy atom. The SMILES string of the molecule is COC1=CC(S(C)(=O)=O)CC=C1Nc1nc2ccc(-c3ccc(NC(=O)[C@H](C)c4ccc(F)cc4)cc3)cn2n1. The molecule has 5 rings (SSSR count). The number of hydrogen-bond donors (Lipinski definition) is 2. The van der Waals surface area contributed by atoms with Crippen LogP contribution in [0.4, 0.5) is 16.0 Å². The molecule has 206 valence electrons. The fraction of sp³-hybridized carbons (Fsp3) is 0.207. The molecule has 2 aromatic heterocycles. The van der Waals surface area contributed by atoms with E-state index in [0.717, 1.165) is 16.7 Å². The zero-order valence-corrected chi connectivity index (χ0v) is 22.9. The molecular weight excluding hydrogens is 533 g/mol. The highest BCUT2D eigenvalue weighted by molar-refractivity contribution is 7.91. The van der Waals surface area contributed by atoms with Crippen LogP contribution in [0.2, 0.25) is 0 Å². The van der Waals surface area contributed by atoms with Crippen molar-refractivity contribution >= 4 is 33.0 Å². The summed E-state index contributed by atoms with van der Waals surface area (Å²) in [6.45, 7) is 1.77. The lowest BCUT2D eigenvalue weighted by molar-refractivity contribution is -0.117. The molecule has 0 fully saturated rings. The summed E-state index contributed by atoms with van der Waals surface area (Å²) < 4.78 is 44.1. The second-order valence-electron chi connectivity index (χ2n) is 9.58. The number of aromatic nitrogens is 3. The number of pyridine rings is 1. The van der Waals surface area contributed by atoms with Crippen LogP contribution >= 0.6 is 0 Å². The van der Waals surface area contributed by atoms with Crippen LogP contribution in [-0.2, 0) is 19.4 Å². The number of hydrogen-bond acceptors (Lipinski definition) is 7. The Bertz CT molecular complexity index is 1730. The lowest BCUT2D eigenvalue weighted by Crippen LogP contribution is -2.22. The molecule has 2 heterocycles. The second-order valence-corrected chi connectivity index (χ2v) is 11.8. The molecule has 2 atom stereocenters. The van der Waals surface area contributed by atoms with Crippen LogP contribution in [0.1, 0.15) is 24.8 Å². The van der Waals surface area contributed by atoms with Crippen LogP contribution in [0.15, 0.2) is 90.5 Å². The predicted octanol–water partition coefficient (Wildman–Crippen LogP) is 4.92. The highest BCUT2D eigenvalue weighted by atomic mass is 32.2. The molecule has 4 aromatic rings. The largest absolute Gasteiger partial charge is 0.495 e. The molecule has 11 heteroatoms. The number of ether oxygens (including phenoxy) is 1. The normalized spacial score (nSPS) is 16.1. The molecule has 0 radical (unpaired) electrons. The summed E-state index contributed by atoms with van der Waals surface area (Å²) in [6.07, 6.45) is 6.73. The van der Waals surface area contributed by atoms with Crippen molar-refractivity contribution in [2.45, 2.75) is 24.5 Å². The van der Waals surface area contributed by atoms with Crippen molar-refractivity contribution in [1.82, 2.24) is 14.6 Å². The van der Waals surface area contributed by atoms with Gasteiger partial charge < -0.3 is 15.4 Å². The van der Waals surface area contributed by atoms with Gasteiger partial charge in [0.05, 0.1) is 24.0 Å². The van der Waals surface area contributed by atoms with Crippen molar-refractivity contribution in [3.05, 3.63) is 102 Å². The summed E-state index contributed by atoms with van der Waals surface area (Å²) in [7, 11) is -1.75. The molecule has 40 heavy (non-hydrogen) atoms. The smallest absolute Gasteiger partial charge is 0.247 e. The van der Waals surface area contributed by atoms with Crippen LogP contribution < -0.4 is 10.6 Å². The van der Waals surface area contributed by atoms with E-state index in [1.165, 1.54) is 25.5 Å². The summed E-state index contributed by atoms with van der Waals surface area (Å²) in [4.78, 5) is 17.2. The molecular formula is C29H28FN5O4S. The number of methoxy groups -OCH3 is 1. The molecule has 0 saturated carbocycles. The van der Waals surface area contributed by atoms with Crippen molar-refractivity contribution in [2.24, 2.45) is 0 Å². The summed E-state index contributed by atoms with van der Waals surface area (Å²) >= 11 is 0. The van der Waals surface area contributed by atoms with Gasteiger partial charge in [-0.15, -0.1) is 5.10 Å². The maximum Gasteiger partial charge on any atom is 0.247 e. The van der Waals surface area contributed by atoms with Crippen molar-refractivity contribution < 1.29 is 22.3 Å². The first-order valence-electron chi connectivity index (χ1n) is 12.6. The van der Waals surface area contributed by atoms with Gasteiger partial charge >= 0.3 is 0 Å². The Balaban J connectivity index is 1.28. The summed E-state index contributed by atoms with van der Waals surface area (Å²) in [5, 5.41) is 9.90. The summed E-state index contributed by atoms with van der Waals surface area (Å²) in [6, 6.07) is 17.1.